The van der Waals surface area contributed by atoms with E-state index in [1.54, 1.807) is 31.2 Å². The number of anilines is 1. The van der Waals surface area contributed by atoms with Crippen molar-refractivity contribution in [3.05, 3.63) is 92.2 Å². The maximum atomic E-state index is 12.9. The molecule has 0 saturated carbocycles. The summed E-state index contributed by atoms with van der Waals surface area (Å²) in [5.41, 5.74) is 1.46. The van der Waals surface area contributed by atoms with Gasteiger partial charge in [0.2, 0.25) is 5.43 Å². The minimum atomic E-state index is -0.723. The molecule has 0 saturated heterocycles. The van der Waals surface area contributed by atoms with Crippen molar-refractivity contribution in [3.63, 3.8) is 0 Å². The quantitative estimate of drug-likeness (QED) is 0.429. The molecule has 0 aliphatic rings. The van der Waals surface area contributed by atoms with Crippen molar-refractivity contribution in [2.45, 2.75) is 13.8 Å². The Bertz CT molecular complexity index is 1400. The van der Waals surface area contributed by atoms with Crippen LogP contribution in [0, 0.1) is 6.92 Å². The molecule has 2 aromatic carbocycles. The van der Waals surface area contributed by atoms with Crippen molar-refractivity contribution in [3.8, 4) is 16.9 Å². The molecular weight excluding hydrogens is 448 g/mol. The van der Waals surface area contributed by atoms with Gasteiger partial charge in [-0.15, -0.1) is 0 Å². The van der Waals surface area contributed by atoms with Crippen LogP contribution in [0.3, 0.4) is 0 Å². The number of para-hydroxylation sites is 1. The van der Waals surface area contributed by atoms with Crippen LogP contribution in [0.15, 0.2) is 65.5 Å². The molecule has 0 radical (unpaired) electrons. The highest BCUT2D eigenvalue weighted by atomic mass is 35.5. The molecule has 0 spiro atoms. The fraction of sp³-hybridized carbons (Fsp3) is 0.0870. The van der Waals surface area contributed by atoms with Crippen LogP contribution in [0.1, 0.15) is 32.8 Å². The highest BCUT2D eigenvalue weighted by molar-refractivity contribution is 7.18. The summed E-state index contributed by atoms with van der Waals surface area (Å²) in [5.74, 6) is -0.893. The van der Waals surface area contributed by atoms with Crippen LogP contribution in [0.25, 0.3) is 16.9 Å². The number of nitrogens with zero attached hydrogens (tertiary/aromatic N) is 3. The molecule has 1 amide bonds. The van der Waals surface area contributed by atoms with E-state index in [-0.39, 0.29) is 16.6 Å². The van der Waals surface area contributed by atoms with Crippen LogP contribution in [0.4, 0.5) is 5.13 Å². The predicted molar refractivity (Wildman–Crippen MR) is 125 cm³/mol. The monoisotopic (exact) mass is 464 g/mol. The first-order chi connectivity index (χ1) is 15.3. The fourth-order valence-electron chi connectivity index (χ4n) is 3.13. The standard InChI is InChI=1S/C23H17ClN4O3S/c1-13-12-18(30)20(27-28(13)17-11-7-6-10-16(17)24)22(31)26-23-25-19(21(32-23)14(2)29)15-8-4-3-5-9-15/h3-12H,1-2H3,(H,25,26,31). The van der Waals surface area contributed by atoms with Gasteiger partial charge in [0.15, 0.2) is 16.6 Å². The molecule has 0 bridgehead atoms. The number of hydrogen-bond acceptors (Lipinski definition) is 6. The van der Waals surface area contributed by atoms with Gasteiger partial charge in [-0.1, -0.05) is 65.4 Å². The van der Waals surface area contributed by atoms with Gasteiger partial charge in [-0.25, -0.2) is 9.67 Å². The van der Waals surface area contributed by atoms with E-state index in [1.807, 2.05) is 30.3 Å². The molecule has 2 heterocycles. The number of hydrogen-bond donors (Lipinski definition) is 1. The van der Waals surface area contributed by atoms with Crippen LogP contribution in [-0.4, -0.2) is 26.5 Å². The SMILES string of the molecule is CC(=O)c1sc(NC(=O)c2nn(-c3ccccc3Cl)c(C)cc2=O)nc1-c1ccccc1. The minimum Gasteiger partial charge on any atom is -0.296 e. The van der Waals surface area contributed by atoms with E-state index < -0.39 is 11.3 Å². The number of carbonyl (C=O) groups is 2. The van der Waals surface area contributed by atoms with Crippen molar-refractivity contribution in [1.29, 1.82) is 0 Å². The number of carbonyl (C=O) groups excluding carboxylic acids is 2. The van der Waals surface area contributed by atoms with E-state index in [0.717, 1.165) is 16.9 Å². The Labute approximate surface area is 192 Å². The van der Waals surface area contributed by atoms with E-state index >= 15 is 0 Å². The molecule has 1 N–H and O–H groups in total. The van der Waals surface area contributed by atoms with Crippen molar-refractivity contribution in [2.75, 3.05) is 5.32 Å². The maximum absolute atomic E-state index is 12.9. The number of amides is 1. The number of halogens is 1. The number of thiazole rings is 1. The van der Waals surface area contributed by atoms with Gasteiger partial charge in [0, 0.05) is 24.2 Å². The Morgan fingerprint density at radius 3 is 2.44 bits per heavy atom. The van der Waals surface area contributed by atoms with Gasteiger partial charge in [0.25, 0.3) is 5.91 Å². The summed E-state index contributed by atoms with van der Waals surface area (Å²) >= 11 is 7.31. The van der Waals surface area contributed by atoms with Crippen LogP contribution < -0.4 is 10.7 Å². The lowest BCUT2D eigenvalue weighted by Crippen LogP contribution is -2.27. The van der Waals surface area contributed by atoms with Crippen LogP contribution in [-0.2, 0) is 0 Å². The molecule has 0 atom stereocenters. The zero-order chi connectivity index (χ0) is 22.8. The second-order valence-electron chi connectivity index (χ2n) is 6.93. The van der Waals surface area contributed by atoms with Gasteiger partial charge < -0.3 is 0 Å². The third kappa shape index (κ3) is 4.23. The average molecular weight is 465 g/mol. The van der Waals surface area contributed by atoms with Crippen molar-refractivity contribution >= 4 is 39.8 Å². The smallest absolute Gasteiger partial charge is 0.281 e. The Kier molecular flexibility index (Phi) is 5.98. The molecule has 160 valence electrons. The summed E-state index contributed by atoms with van der Waals surface area (Å²) in [7, 11) is 0. The fourth-order valence-corrected chi connectivity index (χ4v) is 4.23. The van der Waals surface area contributed by atoms with Crippen molar-refractivity contribution in [1.82, 2.24) is 14.8 Å². The van der Waals surface area contributed by atoms with E-state index in [1.165, 1.54) is 17.7 Å². The second-order valence-corrected chi connectivity index (χ2v) is 8.34. The zero-order valence-corrected chi connectivity index (χ0v) is 18.7. The molecule has 0 aliphatic heterocycles. The number of benzene rings is 2. The van der Waals surface area contributed by atoms with Gasteiger partial charge in [-0.3, -0.25) is 19.7 Å². The summed E-state index contributed by atoms with van der Waals surface area (Å²) in [6, 6.07) is 17.5. The Morgan fingerprint density at radius 2 is 1.75 bits per heavy atom. The maximum Gasteiger partial charge on any atom is 0.281 e. The lowest BCUT2D eigenvalue weighted by atomic mass is 10.1. The molecule has 9 heteroatoms. The Hall–Kier alpha value is -3.62. The summed E-state index contributed by atoms with van der Waals surface area (Å²) in [6.45, 7) is 3.14. The molecule has 0 fully saturated rings. The van der Waals surface area contributed by atoms with Gasteiger partial charge in [-0.05, 0) is 19.1 Å². The number of nitrogens with one attached hydrogen (secondary N) is 1. The third-order valence-electron chi connectivity index (χ3n) is 4.62. The van der Waals surface area contributed by atoms with Gasteiger partial charge in [0.05, 0.1) is 21.3 Å². The van der Waals surface area contributed by atoms with Gasteiger partial charge in [0.1, 0.15) is 0 Å². The lowest BCUT2D eigenvalue weighted by molar-refractivity contribution is 0.101. The molecule has 32 heavy (non-hydrogen) atoms. The largest absolute Gasteiger partial charge is 0.296 e. The summed E-state index contributed by atoms with van der Waals surface area (Å²) in [4.78, 5) is 42.3. The summed E-state index contributed by atoms with van der Waals surface area (Å²) in [6.07, 6.45) is 0. The molecule has 4 aromatic rings. The second kappa shape index (κ2) is 8.86. The van der Waals surface area contributed by atoms with Crippen LogP contribution >= 0.6 is 22.9 Å². The zero-order valence-electron chi connectivity index (χ0n) is 17.1. The van der Waals surface area contributed by atoms with Crippen LogP contribution in [0.5, 0.6) is 0 Å². The molecule has 0 aliphatic carbocycles. The minimum absolute atomic E-state index is 0.170. The summed E-state index contributed by atoms with van der Waals surface area (Å²) in [5, 5.41) is 7.47. The van der Waals surface area contributed by atoms with E-state index in [9.17, 15) is 14.4 Å². The predicted octanol–water partition coefficient (Wildman–Crippen LogP) is 4.77. The van der Waals surface area contributed by atoms with Gasteiger partial charge >= 0.3 is 0 Å². The first kappa shape index (κ1) is 21.6. The number of ketones is 1. The molecule has 7 nitrogen and oxygen atoms in total. The number of aryl methyl sites for hydroxylation is 1. The van der Waals surface area contributed by atoms with Crippen LogP contribution in [0.2, 0.25) is 5.02 Å². The molecular formula is C23H17ClN4O3S. The first-order valence-electron chi connectivity index (χ1n) is 9.59. The molecule has 2 aromatic heterocycles. The highest BCUT2D eigenvalue weighted by Crippen LogP contribution is 2.31. The average Bonchev–Trinajstić information content (AvgIpc) is 3.19. The lowest BCUT2D eigenvalue weighted by Gasteiger charge is -2.12. The first-order valence-corrected chi connectivity index (χ1v) is 10.8. The van der Waals surface area contributed by atoms with Crippen molar-refractivity contribution < 1.29 is 9.59 Å². The van der Waals surface area contributed by atoms with E-state index in [2.05, 4.69) is 15.4 Å². The van der Waals surface area contributed by atoms with E-state index in [4.69, 9.17) is 11.6 Å². The number of Topliss-reactive ketones (excluding diaryl/α,β-unsaturated/α-hetero) is 1. The van der Waals surface area contributed by atoms with Gasteiger partial charge in [-0.2, -0.15) is 5.10 Å². The molecule has 0 unspecified atom stereocenters. The topological polar surface area (TPSA) is 94.0 Å². The highest BCUT2D eigenvalue weighted by Gasteiger charge is 2.21. The number of rotatable bonds is 5. The Morgan fingerprint density at radius 1 is 1.06 bits per heavy atom. The van der Waals surface area contributed by atoms with Crippen molar-refractivity contribution in [2.24, 2.45) is 0 Å². The Balaban J connectivity index is 1.71. The van der Waals surface area contributed by atoms with E-state index in [0.29, 0.717) is 27.0 Å². The number of aromatic nitrogens is 3. The normalized spacial score (nSPS) is 10.7. The molecule has 4 rings (SSSR count). The third-order valence-corrected chi connectivity index (χ3v) is 6.01. The summed E-state index contributed by atoms with van der Waals surface area (Å²) < 4.78 is 1.44.